The van der Waals surface area contributed by atoms with Gasteiger partial charge in [-0.3, -0.25) is 9.63 Å². The molecule has 1 heterocycles. The fraction of sp³-hybridized carbons (Fsp3) is 0.889. The van der Waals surface area contributed by atoms with E-state index in [2.05, 4.69) is 10.8 Å². The molecule has 0 aliphatic carbocycles. The largest absolute Gasteiger partial charge is 0.382 e. The number of rotatable bonds is 6. The van der Waals surface area contributed by atoms with Crippen LogP contribution >= 0.6 is 11.8 Å². The Bertz CT molecular complexity index is 186. The predicted molar refractivity (Wildman–Crippen MR) is 59.7 cm³/mol. The minimum Gasteiger partial charge on any atom is -0.382 e. The second-order valence-corrected chi connectivity index (χ2v) is 4.45. The molecule has 1 rings (SSSR count). The molecule has 6 heteroatoms. The van der Waals surface area contributed by atoms with E-state index in [1.807, 2.05) is 11.8 Å². The maximum absolute atomic E-state index is 11.3. The Morgan fingerprint density at radius 3 is 3.13 bits per heavy atom. The first-order valence-electron chi connectivity index (χ1n) is 5.03. The molecule has 1 unspecified atom stereocenters. The molecular weight excluding hydrogens is 216 g/mol. The van der Waals surface area contributed by atoms with E-state index in [4.69, 9.17) is 9.57 Å². The maximum Gasteiger partial charge on any atom is 0.245 e. The van der Waals surface area contributed by atoms with Gasteiger partial charge in [0.2, 0.25) is 5.91 Å². The first kappa shape index (κ1) is 12.8. The van der Waals surface area contributed by atoms with E-state index in [0.717, 1.165) is 18.1 Å². The second-order valence-electron chi connectivity index (χ2n) is 3.30. The molecule has 1 fully saturated rings. The van der Waals surface area contributed by atoms with E-state index >= 15 is 0 Å². The number of amides is 1. The highest BCUT2D eigenvalue weighted by molar-refractivity contribution is 7.99. The normalized spacial score (nSPS) is 21.3. The standard InChI is InChI=1S/C9H18N2O3S/c1-13-3-4-14-11-9(12)6-8-7-15-5-2-10-8/h8,10H,2-7H2,1H3,(H,11,12). The van der Waals surface area contributed by atoms with Gasteiger partial charge >= 0.3 is 0 Å². The minimum absolute atomic E-state index is 0.0777. The van der Waals surface area contributed by atoms with E-state index in [1.54, 1.807) is 7.11 Å². The average Bonchev–Trinajstić information content (AvgIpc) is 2.26. The van der Waals surface area contributed by atoms with Crippen LogP contribution in [-0.2, 0) is 14.4 Å². The summed E-state index contributed by atoms with van der Waals surface area (Å²) in [7, 11) is 1.59. The highest BCUT2D eigenvalue weighted by Gasteiger charge is 2.16. The number of ether oxygens (including phenoxy) is 1. The lowest BCUT2D eigenvalue weighted by Gasteiger charge is -2.22. The van der Waals surface area contributed by atoms with Gasteiger partial charge in [0.15, 0.2) is 0 Å². The van der Waals surface area contributed by atoms with Crippen LogP contribution in [0.15, 0.2) is 0 Å². The van der Waals surface area contributed by atoms with Gasteiger partial charge in [-0.15, -0.1) is 0 Å². The Labute approximate surface area is 94.2 Å². The number of methoxy groups -OCH3 is 1. The third kappa shape index (κ3) is 5.99. The van der Waals surface area contributed by atoms with Crippen LogP contribution in [0.3, 0.4) is 0 Å². The van der Waals surface area contributed by atoms with Gasteiger partial charge < -0.3 is 10.1 Å². The molecule has 0 radical (unpaired) electrons. The van der Waals surface area contributed by atoms with Gasteiger partial charge in [-0.25, -0.2) is 5.48 Å². The summed E-state index contributed by atoms with van der Waals surface area (Å²) in [5.41, 5.74) is 2.40. The summed E-state index contributed by atoms with van der Waals surface area (Å²) in [6, 6.07) is 0.273. The first-order chi connectivity index (χ1) is 7.33. The number of nitrogens with one attached hydrogen (secondary N) is 2. The summed E-state index contributed by atoms with van der Waals surface area (Å²) in [4.78, 5) is 16.3. The van der Waals surface area contributed by atoms with E-state index in [-0.39, 0.29) is 11.9 Å². The van der Waals surface area contributed by atoms with Gasteiger partial charge in [0.25, 0.3) is 0 Å². The Balaban J connectivity index is 2.01. The summed E-state index contributed by atoms with van der Waals surface area (Å²) >= 11 is 1.87. The number of hydrogen-bond acceptors (Lipinski definition) is 5. The fourth-order valence-electron chi connectivity index (χ4n) is 1.27. The third-order valence-corrected chi connectivity index (χ3v) is 3.14. The molecule has 0 aromatic heterocycles. The van der Waals surface area contributed by atoms with Crippen molar-refractivity contribution in [2.45, 2.75) is 12.5 Å². The Morgan fingerprint density at radius 2 is 2.47 bits per heavy atom. The van der Waals surface area contributed by atoms with Crippen LogP contribution in [0.1, 0.15) is 6.42 Å². The lowest BCUT2D eigenvalue weighted by atomic mass is 10.2. The highest BCUT2D eigenvalue weighted by atomic mass is 32.2. The van der Waals surface area contributed by atoms with Crippen LogP contribution in [0.4, 0.5) is 0 Å². The molecular formula is C9H18N2O3S. The zero-order valence-electron chi connectivity index (χ0n) is 8.95. The maximum atomic E-state index is 11.3. The van der Waals surface area contributed by atoms with E-state index in [1.165, 1.54) is 0 Å². The SMILES string of the molecule is COCCONC(=O)CC1CSCCN1. The molecule has 0 bridgehead atoms. The third-order valence-electron chi connectivity index (χ3n) is 2.01. The van der Waals surface area contributed by atoms with Crippen molar-refractivity contribution < 1.29 is 14.4 Å². The van der Waals surface area contributed by atoms with Crippen LogP contribution in [0.5, 0.6) is 0 Å². The molecule has 15 heavy (non-hydrogen) atoms. The van der Waals surface area contributed by atoms with Crippen molar-refractivity contribution in [1.29, 1.82) is 0 Å². The van der Waals surface area contributed by atoms with E-state index in [0.29, 0.717) is 19.6 Å². The number of carbonyl (C=O) groups excluding carboxylic acids is 1. The van der Waals surface area contributed by atoms with Crippen LogP contribution in [0.25, 0.3) is 0 Å². The summed E-state index contributed by atoms with van der Waals surface area (Å²) in [5.74, 6) is 2.04. The van der Waals surface area contributed by atoms with Gasteiger partial charge in [0.05, 0.1) is 13.2 Å². The molecule has 0 aromatic rings. The molecule has 0 spiro atoms. The molecule has 1 aliphatic heterocycles. The Hall–Kier alpha value is -0.300. The molecule has 0 saturated carbocycles. The van der Waals surface area contributed by atoms with E-state index in [9.17, 15) is 4.79 Å². The number of carbonyl (C=O) groups is 1. The molecule has 2 N–H and O–H groups in total. The van der Waals surface area contributed by atoms with Crippen LogP contribution in [0, 0.1) is 0 Å². The molecule has 5 nitrogen and oxygen atoms in total. The smallest absolute Gasteiger partial charge is 0.245 e. The Morgan fingerprint density at radius 1 is 1.60 bits per heavy atom. The van der Waals surface area contributed by atoms with Gasteiger partial charge in [-0.05, 0) is 0 Å². The Kier molecular flexibility index (Phi) is 6.74. The summed E-state index contributed by atoms with van der Waals surface area (Å²) in [6.45, 7) is 1.85. The van der Waals surface area contributed by atoms with Crippen LogP contribution < -0.4 is 10.8 Å². The lowest BCUT2D eigenvalue weighted by Crippen LogP contribution is -2.41. The van der Waals surface area contributed by atoms with Crippen molar-refractivity contribution in [3.8, 4) is 0 Å². The van der Waals surface area contributed by atoms with Gasteiger partial charge in [-0.1, -0.05) is 0 Å². The van der Waals surface area contributed by atoms with Gasteiger partial charge in [0.1, 0.15) is 0 Å². The number of thioether (sulfide) groups is 1. The van der Waals surface area contributed by atoms with Crippen molar-refractivity contribution in [3.63, 3.8) is 0 Å². The van der Waals surface area contributed by atoms with Crippen molar-refractivity contribution in [3.05, 3.63) is 0 Å². The van der Waals surface area contributed by atoms with Crippen molar-refractivity contribution >= 4 is 17.7 Å². The molecule has 1 atom stereocenters. The number of hydroxylamine groups is 1. The molecule has 1 amide bonds. The molecule has 88 valence electrons. The summed E-state index contributed by atoms with van der Waals surface area (Å²) in [6.07, 6.45) is 0.472. The van der Waals surface area contributed by atoms with Crippen molar-refractivity contribution in [2.24, 2.45) is 0 Å². The number of hydrogen-bond donors (Lipinski definition) is 2. The first-order valence-corrected chi connectivity index (χ1v) is 6.19. The average molecular weight is 234 g/mol. The topological polar surface area (TPSA) is 59.6 Å². The van der Waals surface area contributed by atoms with Gasteiger partial charge in [-0.2, -0.15) is 11.8 Å². The quantitative estimate of drug-likeness (QED) is 0.491. The molecule has 1 aliphatic rings. The summed E-state index contributed by atoms with van der Waals surface area (Å²) in [5, 5.41) is 3.29. The highest BCUT2D eigenvalue weighted by Crippen LogP contribution is 2.09. The summed E-state index contributed by atoms with van der Waals surface area (Å²) < 4.78 is 4.78. The van der Waals surface area contributed by atoms with Crippen molar-refractivity contribution in [2.75, 3.05) is 38.4 Å². The van der Waals surface area contributed by atoms with Crippen molar-refractivity contribution in [1.82, 2.24) is 10.8 Å². The minimum atomic E-state index is -0.0777. The van der Waals surface area contributed by atoms with Crippen LogP contribution in [-0.4, -0.2) is 50.3 Å². The van der Waals surface area contributed by atoms with Crippen LogP contribution in [0.2, 0.25) is 0 Å². The fourth-order valence-corrected chi connectivity index (χ4v) is 2.22. The zero-order chi connectivity index (χ0) is 10.9. The van der Waals surface area contributed by atoms with E-state index < -0.39 is 0 Å². The molecule has 0 aromatic carbocycles. The predicted octanol–water partition coefficient (Wildman–Crippen LogP) is -0.224. The zero-order valence-corrected chi connectivity index (χ0v) is 9.77. The lowest BCUT2D eigenvalue weighted by molar-refractivity contribution is -0.134. The van der Waals surface area contributed by atoms with Gasteiger partial charge in [0, 0.05) is 37.6 Å². The second kappa shape index (κ2) is 7.92. The molecule has 1 saturated heterocycles. The monoisotopic (exact) mass is 234 g/mol.